The van der Waals surface area contributed by atoms with Crippen LogP contribution < -0.4 is 11.1 Å². The number of carbonyl (C=O) groups excluding carboxylic acids is 1. The van der Waals surface area contributed by atoms with Gasteiger partial charge in [-0.25, -0.2) is 0 Å². The number of nitrogens with two attached hydrogens (primary N) is 1. The summed E-state index contributed by atoms with van der Waals surface area (Å²) >= 11 is 0. The van der Waals surface area contributed by atoms with Crippen molar-refractivity contribution in [2.45, 2.75) is 52.0 Å². The number of oxime groups is 1. The third-order valence-corrected chi connectivity index (χ3v) is 5.00. The van der Waals surface area contributed by atoms with Crippen LogP contribution in [-0.2, 0) is 4.79 Å². The van der Waals surface area contributed by atoms with Crippen LogP contribution >= 0.6 is 0 Å². The Morgan fingerprint density at radius 3 is 2.57 bits per heavy atom. The van der Waals surface area contributed by atoms with Gasteiger partial charge >= 0.3 is 0 Å². The highest BCUT2D eigenvalue weighted by Gasteiger charge is 2.52. The van der Waals surface area contributed by atoms with E-state index in [9.17, 15) is 4.79 Å². The molecule has 0 aromatic heterocycles. The largest absolute Gasteiger partial charge is 0.409 e. The summed E-state index contributed by atoms with van der Waals surface area (Å²) in [5.74, 6) is 0.388. The number of hydrogen-bond acceptors (Lipinski definition) is 4. The molecule has 2 rings (SSSR count). The van der Waals surface area contributed by atoms with Crippen LogP contribution in [0, 0.1) is 11.3 Å². The number of likely N-dealkylation sites (tertiary alicyclic amines) is 1. The molecule has 0 aromatic rings. The van der Waals surface area contributed by atoms with Crippen LogP contribution in [0.1, 0.15) is 46.0 Å². The van der Waals surface area contributed by atoms with Gasteiger partial charge < -0.3 is 16.3 Å². The number of nitrogens with one attached hydrogen (secondary N) is 1. The molecule has 120 valence electrons. The van der Waals surface area contributed by atoms with Crippen molar-refractivity contribution >= 4 is 11.7 Å². The maximum atomic E-state index is 12.5. The zero-order valence-corrected chi connectivity index (χ0v) is 13.1. The van der Waals surface area contributed by atoms with Crippen molar-refractivity contribution in [2.24, 2.45) is 22.2 Å². The van der Waals surface area contributed by atoms with E-state index in [1.807, 2.05) is 0 Å². The summed E-state index contributed by atoms with van der Waals surface area (Å²) in [6, 6.07) is 0.330. The molecule has 0 spiro atoms. The van der Waals surface area contributed by atoms with Crippen LogP contribution in [0.2, 0.25) is 0 Å². The van der Waals surface area contributed by atoms with Gasteiger partial charge in [0, 0.05) is 12.6 Å². The molecule has 1 heterocycles. The lowest BCUT2D eigenvalue weighted by Gasteiger charge is -2.44. The zero-order valence-electron chi connectivity index (χ0n) is 13.1. The van der Waals surface area contributed by atoms with Gasteiger partial charge in [0.05, 0.1) is 0 Å². The lowest BCUT2D eigenvalue weighted by atomic mass is 9.61. The van der Waals surface area contributed by atoms with Crippen molar-refractivity contribution in [1.82, 2.24) is 10.2 Å². The quantitative estimate of drug-likeness (QED) is 0.307. The van der Waals surface area contributed by atoms with Gasteiger partial charge in [0.15, 0.2) is 5.84 Å². The first kappa shape index (κ1) is 16.1. The first-order valence-electron chi connectivity index (χ1n) is 8.00. The monoisotopic (exact) mass is 296 g/mol. The lowest BCUT2D eigenvalue weighted by molar-refractivity contribution is -0.133. The molecule has 0 bridgehead atoms. The number of piperidine rings is 1. The highest BCUT2D eigenvalue weighted by Crippen LogP contribution is 2.45. The Bertz CT molecular complexity index is 398. The Morgan fingerprint density at radius 2 is 2.05 bits per heavy atom. The lowest BCUT2D eigenvalue weighted by Crippen LogP contribution is -2.58. The predicted molar refractivity (Wildman–Crippen MR) is 82.1 cm³/mol. The van der Waals surface area contributed by atoms with Crippen LogP contribution in [0.4, 0.5) is 0 Å². The second kappa shape index (κ2) is 6.64. The van der Waals surface area contributed by atoms with Gasteiger partial charge in [-0.2, -0.15) is 0 Å². The van der Waals surface area contributed by atoms with Crippen molar-refractivity contribution in [3.8, 4) is 0 Å². The average Bonchev–Trinajstić information content (AvgIpc) is 2.48. The third kappa shape index (κ3) is 3.31. The van der Waals surface area contributed by atoms with Crippen LogP contribution in [0.5, 0.6) is 0 Å². The van der Waals surface area contributed by atoms with Crippen LogP contribution in [-0.4, -0.2) is 47.5 Å². The highest BCUT2D eigenvalue weighted by molar-refractivity contribution is 6.07. The fraction of sp³-hybridized carbons (Fsp3) is 0.867. The summed E-state index contributed by atoms with van der Waals surface area (Å²) in [7, 11) is 0. The maximum absolute atomic E-state index is 12.5. The molecular formula is C15H28N4O2. The molecule has 6 heteroatoms. The van der Waals surface area contributed by atoms with Crippen molar-refractivity contribution < 1.29 is 10.0 Å². The number of amidine groups is 1. The van der Waals surface area contributed by atoms with E-state index in [2.05, 4.69) is 29.2 Å². The van der Waals surface area contributed by atoms with E-state index in [0.717, 1.165) is 13.1 Å². The Kier molecular flexibility index (Phi) is 5.08. The Balaban J connectivity index is 1.88. The summed E-state index contributed by atoms with van der Waals surface area (Å²) in [6.45, 7) is 7.06. The van der Waals surface area contributed by atoms with E-state index < -0.39 is 5.41 Å². The zero-order chi connectivity index (χ0) is 15.5. The smallest absolute Gasteiger partial charge is 0.234 e. The highest BCUT2D eigenvalue weighted by atomic mass is 16.4. The third-order valence-electron chi connectivity index (χ3n) is 5.00. The first-order valence-corrected chi connectivity index (χ1v) is 8.00. The van der Waals surface area contributed by atoms with Gasteiger partial charge in [-0.15, -0.1) is 0 Å². The molecule has 2 fully saturated rings. The molecule has 1 aliphatic carbocycles. The van der Waals surface area contributed by atoms with E-state index in [-0.39, 0.29) is 11.7 Å². The maximum Gasteiger partial charge on any atom is 0.234 e. The standard InChI is InChI=1S/C15H28N4O2/c1-11-8-15(9-11,13(16)18-21)14(20)17-10-12(2)19-6-4-3-5-7-19/h11-12,21H,3-10H2,1-2H3,(H2,16,18)(H,17,20). The molecule has 21 heavy (non-hydrogen) atoms. The Morgan fingerprint density at radius 1 is 1.43 bits per heavy atom. The number of amides is 1. The Labute approximate surface area is 126 Å². The van der Waals surface area contributed by atoms with Crippen LogP contribution in [0.25, 0.3) is 0 Å². The van der Waals surface area contributed by atoms with Crippen LogP contribution in [0.15, 0.2) is 5.16 Å². The van der Waals surface area contributed by atoms with Crippen molar-refractivity contribution in [3.63, 3.8) is 0 Å². The second-order valence-electron chi connectivity index (χ2n) is 6.74. The van der Waals surface area contributed by atoms with Gasteiger partial charge in [-0.05, 0) is 51.6 Å². The minimum Gasteiger partial charge on any atom is -0.409 e. The fourth-order valence-electron chi connectivity index (χ4n) is 3.63. The molecule has 1 atom stereocenters. The van der Waals surface area contributed by atoms with Crippen LogP contribution in [0.3, 0.4) is 0 Å². The fourth-order valence-corrected chi connectivity index (χ4v) is 3.63. The SMILES string of the molecule is CC1CC(C(=O)NCC(C)N2CCCCC2)(C(N)=NO)C1. The molecule has 1 amide bonds. The molecule has 1 saturated carbocycles. The summed E-state index contributed by atoms with van der Waals surface area (Å²) in [6.07, 6.45) is 5.10. The summed E-state index contributed by atoms with van der Waals surface area (Å²) < 4.78 is 0. The summed E-state index contributed by atoms with van der Waals surface area (Å²) in [5.41, 5.74) is 4.96. The molecule has 4 N–H and O–H groups in total. The summed E-state index contributed by atoms with van der Waals surface area (Å²) in [5, 5.41) is 15.0. The molecule has 1 unspecified atom stereocenters. The second-order valence-corrected chi connectivity index (χ2v) is 6.74. The Hall–Kier alpha value is -1.30. The van der Waals surface area contributed by atoms with Gasteiger partial charge in [0.25, 0.3) is 0 Å². The molecule has 0 aromatic carbocycles. The van der Waals surface area contributed by atoms with E-state index >= 15 is 0 Å². The predicted octanol–water partition coefficient (Wildman–Crippen LogP) is 1.14. The normalized spacial score (nSPS) is 32.3. The van der Waals surface area contributed by atoms with E-state index in [1.165, 1.54) is 19.3 Å². The molecule has 2 aliphatic rings. The van der Waals surface area contributed by atoms with Gasteiger partial charge in [0.1, 0.15) is 5.41 Å². The minimum atomic E-state index is -0.796. The van der Waals surface area contributed by atoms with Crippen molar-refractivity contribution in [3.05, 3.63) is 0 Å². The topological polar surface area (TPSA) is 91.0 Å². The number of hydrogen-bond donors (Lipinski definition) is 3. The molecule has 0 radical (unpaired) electrons. The minimum absolute atomic E-state index is 0.0451. The molecular weight excluding hydrogens is 268 g/mol. The van der Waals surface area contributed by atoms with Crippen molar-refractivity contribution in [2.75, 3.05) is 19.6 Å². The number of rotatable bonds is 5. The summed E-state index contributed by atoms with van der Waals surface area (Å²) in [4.78, 5) is 14.9. The van der Waals surface area contributed by atoms with Crippen molar-refractivity contribution in [1.29, 1.82) is 0 Å². The van der Waals surface area contributed by atoms with Gasteiger partial charge in [-0.3, -0.25) is 9.69 Å². The van der Waals surface area contributed by atoms with E-state index in [1.54, 1.807) is 0 Å². The van der Waals surface area contributed by atoms with Gasteiger partial charge in [-0.1, -0.05) is 18.5 Å². The number of nitrogens with zero attached hydrogens (tertiary/aromatic N) is 2. The van der Waals surface area contributed by atoms with E-state index in [4.69, 9.17) is 10.9 Å². The average molecular weight is 296 g/mol. The molecule has 1 saturated heterocycles. The van der Waals surface area contributed by atoms with Gasteiger partial charge in [0.2, 0.25) is 5.91 Å². The molecule has 6 nitrogen and oxygen atoms in total. The first-order chi connectivity index (χ1) is 9.99. The van der Waals surface area contributed by atoms with E-state index in [0.29, 0.717) is 31.3 Å². The number of carbonyl (C=O) groups is 1. The molecule has 1 aliphatic heterocycles.